The zero-order chi connectivity index (χ0) is 23.7. The van der Waals surface area contributed by atoms with Gasteiger partial charge in [-0.3, -0.25) is 19.0 Å². The predicted molar refractivity (Wildman–Crippen MR) is 138 cm³/mol. The Hall–Kier alpha value is -3.23. The van der Waals surface area contributed by atoms with Crippen molar-refractivity contribution in [1.29, 1.82) is 0 Å². The molecule has 0 radical (unpaired) electrons. The van der Waals surface area contributed by atoms with E-state index in [1.54, 1.807) is 40.2 Å². The lowest BCUT2D eigenvalue weighted by atomic mass is 9.97. The van der Waals surface area contributed by atoms with E-state index < -0.39 is 0 Å². The second-order valence-electron chi connectivity index (χ2n) is 8.23. The number of aromatic nitrogens is 2. The molecule has 0 fully saturated rings. The third-order valence-electron chi connectivity index (χ3n) is 5.83. The minimum atomic E-state index is -0.162. The molecule has 2 aromatic carbocycles. The first-order chi connectivity index (χ1) is 16.5. The Morgan fingerprint density at radius 3 is 2.53 bits per heavy atom. The molecule has 1 N–H and O–H groups in total. The van der Waals surface area contributed by atoms with Crippen LogP contribution >= 0.6 is 23.1 Å². The Bertz CT molecular complexity index is 1440. The lowest BCUT2D eigenvalue weighted by Gasteiger charge is -2.13. The molecule has 34 heavy (non-hydrogen) atoms. The molecule has 0 unspecified atom stereocenters. The summed E-state index contributed by atoms with van der Waals surface area (Å²) >= 11 is 2.89. The average molecular weight is 490 g/mol. The predicted octanol–water partition coefficient (Wildman–Crippen LogP) is 5.26. The molecule has 0 saturated heterocycles. The molecule has 0 bridgehead atoms. The summed E-state index contributed by atoms with van der Waals surface area (Å²) in [6, 6.07) is 16.3. The van der Waals surface area contributed by atoms with Crippen LogP contribution in [0.2, 0.25) is 0 Å². The molecule has 1 amide bonds. The van der Waals surface area contributed by atoms with Gasteiger partial charge in [-0.05, 0) is 67.6 Å². The molecule has 1 aliphatic rings. The first-order valence-electron chi connectivity index (χ1n) is 11.2. The fourth-order valence-electron chi connectivity index (χ4n) is 4.24. The van der Waals surface area contributed by atoms with Gasteiger partial charge in [0.1, 0.15) is 4.83 Å². The number of Topliss-reactive ketones (excluding diaryl/α,β-unsaturated/α-hetero) is 1. The number of nitrogens with zero attached hydrogens (tertiary/aromatic N) is 2. The lowest BCUT2D eigenvalue weighted by molar-refractivity contribution is -0.114. The quantitative estimate of drug-likeness (QED) is 0.227. The van der Waals surface area contributed by atoms with Crippen LogP contribution in [0.15, 0.2) is 64.5 Å². The van der Waals surface area contributed by atoms with Crippen molar-refractivity contribution in [1.82, 2.24) is 9.55 Å². The highest BCUT2D eigenvalue weighted by Crippen LogP contribution is 2.35. The van der Waals surface area contributed by atoms with Gasteiger partial charge >= 0.3 is 0 Å². The van der Waals surface area contributed by atoms with Gasteiger partial charge in [-0.2, -0.15) is 0 Å². The molecule has 172 valence electrons. The summed E-state index contributed by atoms with van der Waals surface area (Å²) in [5, 5.41) is 3.94. The second-order valence-corrected chi connectivity index (χ2v) is 10.3. The maximum Gasteiger partial charge on any atom is 0.267 e. The number of aryl methyl sites for hydroxylation is 2. The Morgan fingerprint density at radius 2 is 1.79 bits per heavy atom. The first-order valence-corrected chi connectivity index (χ1v) is 13.0. The molecule has 6 nitrogen and oxygen atoms in total. The Kier molecular flexibility index (Phi) is 6.34. The first kappa shape index (κ1) is 22.6. The number of amides is 1. The third kappa shape index (κ3) is 4.43. The van der Waals surface area contributed by atoms with E-state index in [-0.39, 0.29) is 23.0 Å². The molecule has 8 heteroatoms. The number of anilines is 1. The maximum atomic E-state index is 13.7. The number of thioether (sulfide) groups is 1. The highest BCUT2D eigenvalue weighted by atomic mass is 32.2. The molecule has 0 aliphatic heterocycles. The summed E-state index contributed by atoms with van der Waals surface area (Å²) in [6.07, 6.45) is 4.15. The molecule has 2 heterocycles. The summed E-state index contributed by atoms with van der Waals surface area (Å²) < 4.78 is 1.64. The largest absolute Gasteiger partial charge is 0.326 e. The van der Waals surface area contributed by atoms with Crippen LogP contribution in [-0.4, -0.2) is 27.0 Å². The fraction of sp³-hybridized carbons (Fsp3) is 0.231. The van der Waals surface area contributed by atoms with Crippen molar-refractivity contribution < 1.29 is 9.59 Å². The molecule has 0 saturated carbocycles. The third-order valence-corrected chi connectivity index (χ3v) is 7.96. The van der Waals surface area contributed by atoms with Crippen molar-refractivity contribution in [3.05, 3.63) is 81.0 Å². The highest BCUT2D eigenvalue weighted by molar-refractivity contribution is 7.99. The van der Waals surface area contributed by atoms with E-state index in [0.29, 0.717) is 16.4 Å². The smallest absolute Gasteiger partial charge is 0.267 e. The number of fused-ring (bicyclic) bond motifs is 3. The zero-order valence-corrected chi connectivity index (χ0v) is 20.3. The van der Waals surface area contributed by atoms with Gasteiger partial charge in [-0.15, -0.1) is 11.3 Å². The van der Waals surface area contributed by atoms with Gasteiger partial charge in [-0.25, -0.2) is 4.98 Å². The molecule has 2 aromatic heterocycles. The number of rotatable bonds is 6. The lowest BCUT2D eigenvalue weighted by Crippen LogP contribution is -2.22. The van der Waals surface area contributed by atoms with Crippen molar-refractivity contribution in [3.8, 4) is 5.69 Å². The van der Waals surface area contributed by atoms with Crippen LogP contribution in [0.4, 0.5) is 5.69 Å². The summed E-state index contributed by atoms with van der Waals surface area (Å²) in [4.78, 5) is 44.7. The summed E-state index contributed by atoms with van der Waals surface area (Å²) in [6.45, 7) is 1.44. The van der Waals surface area contributed by atoms with Crippen molar-refractivity contribution in [3.63, 3.8) is 0 Å². The number of thiophene rings is 1. The molecule has 0 atom stereocenters. The Morgan fingerprint density at radius 1 is 1.06 bits per heavy atom. The Labute approximate surface area is 205 Å². The standard InChI is InChI=1S/C26H23N3O3S2/c1-16(30)27-18-13-11-17(12-14-18)21(31)15-33-26-28-24-23(20-9-5-6-10-22(20)34-24)25(32)29(26)19-7-3-2-4-8-19/h2-4,7-8,11-14H,5-6,9-10,15H2,1H3,(H,27,30). The van der Waals surface area contributed by atoms with E-state index in [0.717, 1.165) is 47.2 Å². The molecule has 0 spiro atoms. The topological polar surface area (TPSA) is 81.1 Å². The number of carbonyl (C=O) groups is 2. The van der Waals surface area contributed by atoms with E-state index in [1.807, 2.05) is 30.3 Å². The van der Waals surface area contributed by atoms with E-state index in [9.17, 15) is 14.4 Å². The Balaban J connectivity index is 1.49. The van der Waals surface area contributed by atoms with Crippen LogP contribution in [-0.2, 0) is 17.6 Å². The number of benzene rings is 2. The van der Waals surface area contributed by atoms with Gasteiger partial charge in [0.05, 0.1) is 16.8 Å². The maximum absolute atomic E-state index is 13.7. The molecular formula is C26H23N3O3S2. The summed E-state index contributed by atoms with van der Waals surface area (Å²) in [5.41, 5.74) is 3.02. The van der Waals surface area contributed by atoms with E-state index >= 15 is 0 Å². The molecule has 1 aliphatic carbocycles. The fourth-order valence-corrected chi connectivity index (χ4v) is 6.45. The van der Waals surface area contributed by atoms with Crippen LogP contribution in [0.25, 0.3) is 15.9 Å². The molecule has 5 rings (SSSR count). The molecular weight excluding hydrogens is 466 g/mol. The van der Waals surface area contributed by atoms with Crippen molar-refractivity contribution >= 4 is 50.7 Å². The zero-order valence-electron chi connectivity index (χ0n) is 18.7. The van der Waals surface area contributed by atoms with E-state index in [2.05, 4.69) is 5.32 Å². The average Bonchev–Trinajstić information content (AvgIpc) is 3.22. The number of ketones is 1. The van der Waals surface area contributed by atoms with Crippen LogP contribution < -0.4 is 10.9 Å². The van der Waals surface area contributed by atoms with Gasteiger partial charge in [0.2, 0.25) is 5.91 Å². The number of hydrogen-bond acceptors (Lipinski definition) is 6. The van der Waals surface area contributed by atoms with Crippen LogP contribution in [0.1, 0.15) is 40.6 Å². The van der Waals surface area contributed by atoms with Crippen LogP contribution in [0, 0.1) is 0 Å². The van der Waals surface area contributed by atoms with E-state index in [1.165, 1.54) is 23.6 Å². The number of nitrogens with one attached hydrogen (secondary N) is 1. The van der Waals surface area contributed by atoms with Crippen molar-refractivity contribution in [2.24, 2.45) is 0 Å². The minimum absolute atomic E-state index is 0.0646. The second kappa shape index (κ2) is 9.56. The normalized spacial score (nSPS) is 13.0. The number of hydrogen-bond donors (Lipinski definition) is 1. The van der Waals surface area contributed by atoms with E-state index in [4.69, 9.17) is 4.98 Å². The number of carbonyl (C=O) groups excluding carboxylic acids is 2. The highest BCUT2D eigenvalue weighted by Gasteiger charge is 2.23. The number of para-hydroxylation sites is 1. The van der Waals surface area contributed by atoms with Crippen LogP contribution in [0.5, 0.6) is 0 Å². The van der Waals surface area contributed by atoms with Crippen LogP contribution in [0.3, 0.4) is 0 Å². The van der Waals surface area contributed by atoms with Crippen molar-refractivity contribution in [2.75, 3.05) is 11.1 Å². The van der Waals surface area contributed by atoms with Gasteiger partial charge in [0.15, 0.2) is 10.9 Å². The van der Waals surface area contributed by atoms with Crippen molar-refractivity contribution in [2.45, 2.75) is 37.8 Å². The van der Waals surface area contributed by atoms with Gasteiger partial charge in [0.25, 0.3) is 5.56 Å². The van der Waals surface area contributed by atoms with Gasteiger partial charge < -0.3 is 5.32 Å². The summed E-state index contributed by atoms with van der Waals surface area (Å²) in [7, 11) is 0. The SMILES string of the molecule is CC(=O)Nc1ccc(C(=O)CSc2nc3sc4c(c3c(=O)n2-c2ccccc2)CCCC4)cc1. The van der Waals surface area contributed by atoms with Gasteiger partial charge in [-0.1, -0.05) is 30.0 Å². The monoisotopic (exact) mass is 489 g/mol. The summed E-state index contributed by atoms with van der Waals surface area (Å²) in [5.74, 6) is -0.0842. The minimum Gasteiger partial charge on any atom is -0.326 e. The van der Waals surface area contributed by atoms with Gasteiger partial charge in [0, 0.05) is 23.1 Å². The molecule has 4 aromatic rings.